The summed E-state index contributed by atoms with van der Waals surface area (Å²) >= 11 is 0. The lowest BCUT2D eigenvalue weighted by Crippen LogP contribution is -2.00. The third-order valence-corrected chi connectivity index (χ3v) is 3.23. The van der Waals surface area contributed by atoms with E-state index in [1.165, 1.54) is 0 Å². The summed E-state index contributed by atoms with van der Waals surface area (Å²) in [6.45, 7) is 2.55. The smallest absolute Gasteiger partial charge is 0.127 e. The molecule has 0 saturated heterocycles. The number of fused-ring (bicyclic) bond motifs is 1. The molecule has 2 aromatic heterocycles. The zero-order chi connectivity index (χ0) is 13.9. The molecule has 3 aromatic rings. The van der Waals surface area contributed by atoms with Gasteiger partial charge in [0.1, 0.15) is 17.3 Å². The summed E-state index contributed by atoms with van der Waals surface area (Å²) in [5.41, 5.74) is 1.76. The van der Waals surface area contributed by atoms with Crippen molar-refractivity contribution in [2.45, 2.75) is 20.1 Å². The van der Waals surface area contributed by atoms with Crippen molar-refractivity contribution in [1.29, 1.82) is 0 Å². The Labute approximate surface area is 117 Å². The van der Waals surface area contributed by atoms with Gasteiger partial charge >= 0.3 is 0 Å². The summed E-state index contributed by atoms with van der Waals surface area (Å²) in [5, 5.41) is 13.5. The molecule has 4 nitrogen and oxygen atoms in total. The Kier molecular flexibility index (Phi) is 3.39. The first-order valence-electron chi connectivity index (χ1n) is 6.55. The summed E-state index contributed by atoms with van der Waals surface area (Å²) in [4.78, 5) is 4.54. The van der Waals surface area contributed by atoms with Crippen LogP contribution in [0.2, 0.25) is 0 Å². The maximum atomic E-state index is 9.30. The van der Waals surface area contributed by atoms with Gasteiger partial charge in [-0.25, -0.2) is 4.98 Å². The molecule has 102 valence electrons. The third-order valence-electron chi connectivity index (χ3n) is 3.23. The van der Waals surface area contributed by atoms with Crippen LogP contribution in [0.1, 0.15) is 17.1 Å². The number of anilines is 1. The van der Waals surface area contributed by atoms with Crippen molar-refractivity contribution in [2.24, 2.45) is 0 Å². The first-order valence-corrected chi connectivity index (χ1v) is 6.55. The molecule has 3 rings (SSSR count). The van der Waals surface area contributed by atoms with Crippen LogP contribution in [0.25, 0.3) is 10.9 Å². The zero-order valence-corrected chi connectivity index (χ0v) is 11.3. The van der Waals surface area contributed by atoms with E-state index in [4.69, 9.17) is 4.42 Å². The molecule has 0 unspecified atom stereocenters. The number of rotatable bonds is 4. The lowest BCUT2D eigenvalue weighted by Gasteiger charge is -2.07. The SMILES string of the molecule is Cc1ccc(CNc2ccc3c(CO)cccc3n2)o1. The van der Waals surface area contributed by atoms with E-state index in [1.807, 2.05) is 49.4 Å². The summed E-state index contributed by atoms with van der Waals surface area (Å²) in [7, 11) is 0. The summed E-state index contributed by atoms with van der Waals surface area (Å²) in [6.07, 6.45) is 0. The standard InChI is InChI=1S/C16H16N2O2/c1-11-5-6-13(20-11)9-17-16-8-7-14-12(10-19)3-2-4-15(14)18-16/h2-8,19H,9-10H2,1H3,(H,17,18). The van der Waals surface area contributed by atoms with Crippen LogP contribution in [-0.2, 0) is 13.2 Å². The average Bonchev–Trinajstić information content (AvgIpc) is 2.89. The molecule has 4 heteroatoms. The quantitative estimate of drug-likeness (QED) is 0.762. The molecule has 0 amide bonds. The highest BCUT2D eigenvalue weighted by atomic mass is 16.3. The Hall–Kier alpha value is -2.33. The van der Waals surface area contributed by atoms with Crippen LogP contribution in [0.3, 0.4) is 0 Å². The molecule has 0 fully saturated rings. The Morgan fingerprint density at radius 2 is 2.05 bits per heavy atom. The number of hydrogen-bond donors (Lipinski definition) is 2. The van der Waals surface area contributed by atoms with E-state index >= 15 is 0 Å². The molecule has 0 aliphatic rings. The number of aryl methyl sites for hydroxylation is 1. The van der Waals surface area contributed by atoms with Crippen LogP contribution < -0.4 is 5.32 Å². The van der Waals surface area contributed by atoms with Crippen LogP contribution in [0.15, 0.2) is 46.9 Å². The minimum absolute atomic E-state index is 0.0253. The highest BCUT2D eigenvalue weighted by Crippen LogP contribution is 2.20. The van der Waals surface area contributed by atoms with Gasteiger partial charge in [-0.15, -0.1) is 0 Å². The number of furan rings is 1. The summed E-state index contributed by atoms with van der Waals surface area (Å²) in [6, 6.07) is 13.5. The van der Waals surface area contributed by atoms with Gasteiger partial charge in [-0.3, -0.25) is 0 Å². The molecule has 0 atom stereocenters. The first kappa shape index (κ1) is 12.7. The second-order valence-corrected chi connectivity index (χ2v) is 4.70. The minimum Gasteiger partial charge on any atom is -0.465 e. The van der Waals surface area contributed by atoms with Crippen molar-refractivity contribution in [3.8, 4) is 0 Å². The number of benzene rings is 1. The molecule has 2 N–H and O–H groups in total. The molecule has 0 aliphatic heterocycles. The van der Waals surface area contributed by atoms with Crippen molar-refractivity contribution in [1.82, 2.24) is 4.98 Å². The van der Waals surface area contributed by atoms with Crippen LogP contribution in [0.4, 0.5) is 5.82 Å². The van der Waals surface area contributed by atoms with E-state index in [1.54, 1.807) is 0 Å². The van der Waals surface area contributed by atoms with Gasteiger partial charge in [-0.2, -0.15) is 0 Å². The molecule has 0 radical (unpaired) electrons. The molecule has 20 heavy (non-hydrogen) atoms. The van der Waals surface area contributed by atoms with Gasteiger partial charge in [0.25, 0.3) is 0 Å². The largest absolute Gasteiger partial charge is 0.465 e. The van der Waals surface area contributed by atoms with Crippen molar-refractivity contribution in [3.05, 3.63) is 59.5 Å². The topological polar surface area (TPSA) is 58.3 Å². The fourth-order valence-electron chi connectivity index (χ4n) is 2.21. The highest BCUT2D eigenvalue weighted by Gasteiger charge is 2.03. The van der Waals surface area contributed by atoms with E-state index in [0.29, 0.717) is 6.54 Å². The Bertz CT molecular complexity index is 734. The van der Waals surface area contributed by atoms with Gasteiger partial charge in [-0.05, 0) is 42.8 Å². The predicted molar refractivity (Wildman–Crippen MR) is 78.4 cm³/mol. The second kappa shape index (κ2) is 5.35. The molecule has 0 aliphatic carbocycles. The molecule has 0 saturated carbocycles. The zero-order valence-electron chi connectivity index (χ0n) is 11.3. The van der Waals surface area contributed by atoms with Gasteiger partial charge in [0.15, 0.2) is 0 Å². The van der Waals surface area contributed by atoms with Crippen LogP contribution >= 0.6 is 0 Å². The van der Waals surface area contributed by atoms with Crippen LogP contribution in [-0.4, -0.2) is 10.1 Å². The maximum Gasteiger partial charge on any atom is 0.127 e. The van der Waals surface area contributed by atoms with Crippen molar-refractivity contribution in [2.75, 3.05) is 5.32 Å². The minimum atomic E-state index is 0.0253. The van der Waals surface area contributed by atoms with Crippen molar-refractivity contribution < 1.29 is 9.52 Å². The fourth-order valence-corrected chi connectivity index (χ4v) is 2.21. The van der Waals surface area contributed by atoms with E-state index in [0.717, 1.165) is 33.8 Å². The van der Waals surface area contributed by atoms with Crippen molar-refractivity contribution in [3.63, 3.8) is 0 Å². The summed E-state index contributed by atoms with van der Waals surface area (Å²) < 4.78 is 5.51. The number of aliphatic hydroxyl groups is 1. The van der Waals surface area contributed by atoms with Gasteiger partial charge < -0.3 is 14.8 Å². The van der Waals surface area contributed by atoms with Gasteiger partial charge in [-0.1, -0.05) is 12.1 Å². The van der Waals surface area contributed by atoms with Crippen LogP contribution in [0, 0.1) is 6.92 Å². The Morgan fingerprint density at radius 1 is 1.15 bits per heavy atom. The Morgan fingerprint density at radius 3 is 2.80 bits per heavy atom. The van der Waals surface area contributed by atoms with Crippen LogP contribution in [0.5, 0.6) is 0 Å². The van der Waals surface area contributed by atoms with E-state index in [2.05, 4.69) is 10.3 Å². The fraction of sp³-hybridized carbons (Fsp3) is 0.188. The first-order chi connectivity index (χ1) is 9.76. The molecular weight excluding hydrogens is 252 g/mol. The molecular formula is C16H16N2O2. The van der Waals surface area contributed by atoms with Gasteiger partial charge in [0.2, 0.25) is 0 Å². The van der Waals surface area contributed by atoms with Crippen molar-refractivity contribution >= 4 is 16.7 Å². The van der Waals surface area contributed by atoms with E-state index in [9.17, 15) is 5.11 Å². The monoisotopic (exact) mass is 268 g/mol. The highest BCUT2D eigenvalue weighted by molar-refractivity contribution is 5.83. The van der Waals surface area contributed by atoms with E-state index in [-0.39, 0.29) is 6.61 Å². The van der Waals surface area contributed by atoms with Gasteiger partial charge in [0, 0.05) is 5.39 Å². The number of hydrogen-bond acceptors (Lipinski definition) is 4. The number of nitrogens with one attached hydrogen (secondary N) is 1. The molecule has 2 heterocycles. The Balaban J connectivity index is 1.82. The lowest BCUT2D eigenvalue weighted by molar-refractivity contribution is 0.283. The molecule has 1 aromatic carbocycles. The summed E-state index contributed by atoms with van der Waals surface area (Å²) in [5.74, 6) is 2.58. The average molecular weight is 268 g/mol. The number of pyridine rings is 1. The van der Waals surface area contributed by atoms with Gasteiger partial charge in [0.05, 0.1) is 18.7 Å². The van der Waals surface area contributed by atoms with E-state index < -0.39 is 0 Å². The number of nitrogens with zero attached hydrogens (tertiary/aromatic N) is 1. The predicted octanol–water partition coefficient (Wildman–Crippen LogP) is 3.24. The number of aliphatic hydroxyl groups excluding tert-OH is 1. The number of aromatic nitrogens is 1. The maximum absolute atomic E-state index is 9.30. The third kappa shape index (κ3) is 2.51. The normalized spacial score (nSPS) is 10.9. The molecule has 0 spiro atoms. The molecule has 0 bridgehead atoms. The second-order valence-electron chi connectivity index (χ2n) is 4.70. The lowest BCUT2D eigenvalue weighted by atomic mass is 10.1.